The SMILES string of the molecule is COCC(CN)(C(C)C)N(CC1CC1)C1CC1. The van der Waals surface area contributed by atoms with E-state index in [0.717, 1.165) is 18.6 Å². The fourth-order valence-electron chi connectivity index (χ4n) is 2.90. The number of methoxy groups -OCH3 is 1. The summed E-state index contributed by atoms with van der Waals surface area (Å²) in [6.07, 6.45) is 5.53. The van der Waals surface area contributed by atoms with Crippen LogP contribution >= 0.6 is 0 Å². The van der Waals surface area contributed by atoms with Crippen molar-refractivity contribution in [3.05, 3.63) is 0 Å². The lowest BCUT2D eigenvalue weighted by atomic mass is 9.84. The van der Waals surface area contributed by atoms with Crippen LogP contribution in [0.4, 0.5) is 0 Å². The van der Waals surface area contributed by atoms with E-state index >= 15 is 0 Å². The van der Waals surface area contributed by atoms with Crippen LogP contribution in [0, 0.1) is 11.8 Å². The van der Waals surface area contributed by atoms with Crippen molar-refractivity contribution in [3.8, 4) is 0 Å². The van der Waals surface area contributed by atoms with Crippen LogP contribution in [0.25, 0.3) is 0 Å². The quantitative estimate of drug-likeness (QED) is 0.704. The Morgan fingerprint density at radius 1 is 1.29 bits per heavy atom. The molecule has 1 atom stereocenters. The first-order chi connectivity index (χ1) is 8.14. The van der Waals surface area contributed by atoms with Gasteiger partial charge in [0.05, 0.1) is 12.1 Å². The first kappa shape index (κ1) is 13.3. The number of nitrogens with two attached hydrogens (primary N) is 1. The van der Waals surface area contributed by atoms with Gasteiger partial charge in [0, 0.05) is 26.2 Å². The number of ether oxygens (including phenoxy) is 1. The Kier molecular flexibility index (Phi) is 4.11. The zero-order valence-electron chi connectivity index (χ0n) is 11.6. The minimum absolute atomic E-state index is 0.0541. The standard InChI is InChI=1S/C14H28N2O/c1-11(2)14(9-15,10-17-3)16(13-6-7-13)8-12-4-5-12/h11-13H,4-10,15H2,1-3H3. The van der Waals surface area contributed by atoms with Crippen LogP contribution in [0.15, 0.2) is 0 Å². The van der Waals surface area contributed by atoms with Gasteiger partial charge in [0.1, 0.15) is 0 Å². The van der Waals surface area contributed by atoms with Gasteiger partial charge in [-0.1, -0.05) is 13.8 Å². The van der Waals surface area contributed by atoms with Crippen molar-refractivity contribution in [2.75, 3.05) is 26.8 Å². The molecule has 17 heavy (non-hydrogen) atoms. The summed E-state index contributed by atoms with van der Waals surface area (Å²) in [5.74, 6) is 1.48. The largest absolute Gasteiger partial charge is 0.383 e. The van der Waals surface area contributed by atoms with E-state index in [2.05, 4.69) is 18.7 Å². The lowest BCUT2D eigenvalue weighted by Gasteiger charge is -2.46. The molecule has 0 saturated heterocycles. The van der Waals surface area contributed by atoms with Gasteiger partial charge in [-0.25, -0.2) is 0 Å². The average Bonchev–Trinajstić information content (AvgIpc) is 3.16. The third-order valence-corrected chi connectivity index (χ3v) is 4.53. The Bertz CT molecular complexity index is 249. The Hall–Kier alpha value is -0.120. The summed E-state index contributed by atoms with van der Waals surface area (Å²) in [7, 11) is 1.80. The first-order valence-electron chi connectivity index (χ1n) is 7.09. The molecule has 0 heterocycles. The van der Waals surface area contributed by atoms with Gasteiger partial charge < -0.3 is 10.5 Å². The van der Waals surface area contributed by atoms with Crippen LogP contribution in [0.5, 0.6) is 0 Å². The predicted molar refractivity (Wildman–Crippen MR) is 71.0 cm³/mol. The van der Waals surface area contributed by atoms with Gasteiger partial charge in [-0.15, -0.1) is 0 Å². The highest BCUT2D eigenvalue weighted by molar-refractivity contribution is 5.02. The van der Waals surface area contributed by atoms with Gasteiger partial charge in [-0.3, -0.25) is 4.90 Å². The van der Waals surface area contributed by atoms with Gasteiger partial charge in [0.15, 0.2) is 0 Å². The van der Waals surface area contributed by atoms with Crippen LogP contribution in [0.1, 0.15) is 39.5 Å². The molecule has 0 aliphatic heterocycles. The molecular formula is C14H28N2O. The van der Waals surface area contributed by atoms with E-state index in [1.165, 1.54) is 32.2 Å². The van der Waals surface area contributed by atoms with E-state index < -0.39 is 0 Å². The number of hydrogen-bond acceptors (Lipinski definition) is 3. The molecule has 100 valence electrons. The molecule has 0 aromatic rings. The summed E-state index contributed by atoms with van der Waals surface area (Å²) < 4.78 is 5.50. The average molecular weight is 240 g/mol. The van der Waals surface area contributed by atoms with Gasteiger partial charge >= 0.3 is 0 Å². The molecule has 2 fully saturated rings. The molecule has 0 spiro atoms. The van der Waals surface area contributed by atoms with E-state index in [1.54, 1.807) is 7.11 Å². The molecule has 2 rings (SSSR count). The minimum atomic E-state index is 0.0541. The summed E-state index contributed by atoms with van der Waals surface area (Å²) in [4.78, 5) is 2.69. The van der Waals surface area contributed by atoms with Crippen molar-refractivity contribution in [2.45, 2.75) is 51.1 Å². The number of hydrogen-bond donors (Lipinski definition) is 1. The van der Waals surface area contributed by atoms with E-state index in [4.69, 9.17) is 10.5 Å². The first-order valence-corrected chi connectivity index (χ1v) is 7.09. The van der Waals surface area contributed by atoms with Crippen molar-refractivity contribution in [3.63, 3.8) is 0 Å². The second-order valence-electron chi connectivity index (χ2n) is 6.22. The molecule has 3 heteroatoms. The molecule has 0 aromatic heterocycles. The van der Waals surface area contributed by atoms with Crippen LogP contribution < -0.4 is 5.73 Å². The maximum absolute atomic E-state index is 6.14. The van der Waals surface area contributed by atoms with Gasteiger partial charge in [0.25, 0.3) is 0 Å². The third-order valence-electron chi connectivity index (χ3n) is 4.53. The Balaban J connectivity index is 2.13. The molecule has 2 aliphatic rings. The molecule has 0 aromatic carbocycles. The van der Waals surface area contributed by atoms with Crippen molar-refractivity contribution in [2.24, 2.45) is 17.6 Å². The molecule has 2 N–H and O–H groups in total. The van der Waals surface area contributed by atoms with Crippen LogP contribution in [0.2, 0.25) is 0 Å². The Labute approximate surface area is 106 Å². The summed E-state index contributed by atoms with van der Waals surface area (Å²) in [5.41, 5.74) is 6.19. The summed E-state index contributed by atoms with van der Waals surface area (Å²) in [5, 5.41) is 0. The molecule has 0 amide bonds. The number of nitrogens with zero attached hydrogens (tertiary/aromatic N) is 1. The maximum Gasteiger partial charge on any atom is 0.0661 e. The highest BCUT2D eigenvalue weighted by atomic mass is 16.5. The smallest absolute Gasteiger partial charge is 0.0661 e. The van der Waals surface area contributed by atoms with Gasteiger partial charge in [0.2, 0.25) is 0 Å². The zero-order valence-corrected chi connectivity index (χ0v) is 11.6. The van der Waals surface area contributed by atoms with Crippen molar-refractivity contribution >= 4 is 0 Å². The fraction of sp³-hybridized carbons (Fsp3) is 1.00. The summed E-state index contributed by atoms with van der Waals surface area (Å²) in [6, 6.07) is 0.775. The van der Waals surface area contributed by atoms with Gasteiger partial charge in [-0.05, 0) is 37.5 Å². The topological polar surface area (TPSA) is 38.5 Å². The van der Waals surface area contributed by atoms with Crippen molar-refractivity contribution in [1.29, 1.82) is 0 Å². The van der Waals surface area contributed by atoms with Crippen LogP contribution in [0.3, 0.4) is 0 Å². The molecule has 0 radical (unpaired) electrons. The second kappa shape index (κ2) is 5.25. The molecule has 0 bridgehead atoms. The van der Waals surface area contributed by atoms with Crippen molar-refractivity contribution < 1.29 is 4.74 Å². The van der Waals surface area contributed by atoms with Crippen LogP contribution in [-0.2, 0) is 4.74 Å². The van der Waals surface area contributed by atoms with E-state index in [1.807, 2.05) is 0 Å². The third kappa shape index (κ3) is 2.83. The molecule has 1 unspecified atom stereocenters. The fourth-order valence-corrected chi connectivity index (χ4v) is 2.90. The number of rotatable bonds is 8. The van der Waals surface area contributed by atoms with E-state index in [-0.39, 0.29) is 5.54 Å². The predicted octanol–water partition coefficient (Wildman–Crippen LogP) is 1.86. The Morgan fingerprint density at radius 3 is 2.29 bits per heavy atom. The second-order valence-corrected chi connectivity index (χ2v) is 6.22. The molecule has 2 aliphatic carbocycles. The zero-order chi connectivity index (χ0) is 12.5. The summed E-state index contributed by atoms with van der Waals surface area (Å²) >= 11 is 0. The Morgan fingerprint density at radius 2 is 1.94 bits per heavy atom. The maximum atomic E-state index is 6.14. The lowest BCUT2D eigenvalue weighted by Crippen LogP contribution is -2.61. The normalized spacial score (nSPS) is 24.4. The molecular weight excluding hydrogens is 212 g/mol. The molecule has 2 saturated carbocycles. The van der Waals surface area contributed by atoms with E-state index in [0.29, 0.717) is 12.5 Å². The van der Waals surface area contributed by atoms with Crippen molar-refractivity contribution in [1.82, 2.24) is 4.90 Å². The summed E-state index contributed by atoms with van der Waals surface area (Å²) in [6.45, 7) is 7.29. The minimum Gasteiger partial charge on any atom is -0.383 e. The van der Waals surface area contributed by atoms with Crippen LogP contribution in [-0.4, -0.2) is 43.3 Å². The monoisotopic (exact) mass is 240 g/mol. The molecule has 3 nitrogen and oxygen atoms in total. The van der Waals surface area contributed by atoms with Gasteiger partial charge in [-0.2, -0.15) is 0 Å². The van der Waals surface area contributed by atoms with E-state index in [9.17, 15) is 0 Å². The highest BCUT2D eigenvalue weighted by Gasteiger charge is 2.47. The highest BCUT2D eigenvalue weighted by Crippen LogP contribution is 2.41. The lowest BCUT2D eigenvalue weighted by molar-refractivity contribution is -0.0242.